The van der Waals surface area contributed by atoms with E-state index in [1.165, 1.54) is 16.5 Å². The number of benzene rings is 2. The van der Waals surface area contributed by atoms with Crippen LogP contribution in [0.5, 0.6) is 5.75 Å². The number of nitrogens with one attached hydrogen (secondary N) is 1. The van der Waals surface area contributed by atoms with Crippen molar-refractivity contribution in [3.63, 3.8) is 0 Å². The molecule has 0 radical (unpaired) electrons. The molecule has 5 rings (SSSR count). The molecular formula is C23H24BN3O3. The topological polar surface area (TPSA) is 91.3 Å². The first kappa shape index (κ1) is 19.1. The van der Waals surface area contributed by atoms with Gasteiger partial charge >= 0.3 is 7.12 Å². The largest absolute Gasteiger partial charge is 0.492 e. The average molecular weight is 401 g/mol. The standard InChI is InChI=1S/C23H24BN3O3/c1-13(2)30-23-16(8-5-9-18(23)24(28)29)22-15-7-4-3-6-14(15)21-17-12-25-27-19(17)10-11-20(21)26-22/h5,8-13,28-29H,3-4,6-7H2,1-2H3,(H,25,27). The number of hydrogen-bond acceptors (Lipinski definition) is 5. The maximum absolute atomic E-state index is 9.94. The number of pyridine rings is 1. The number of ether oxygens (including phenoxy) is 1. The molecule has 0 amide bonds. The Morgan fingerprint density at radius 3 is 2.63 bits per heavy atom. The lowest BCUT2D eigenvalue weighted by Gasteiger charge is -2.24. The molecular weight excluding hydrogens is 377 g/mol. The fourth-order valence-corrected chi connectivity index (χ4v) is 4.58. The van der Waals surface area contributed by atoms with Crippen LogP contribution in [0, 0.1) is 0 Å². The minimum absolute atomic E-state index is 0.106. The predicted molar refractivity (Wildman–Crippen MR) is 119 cm³/mol. The van der Waals surface area contributed by atoms with Crippen molar-refractivity contribution < 1.29 is 14.8 Å². The van der Waals surface area contributed by atoms with Crippen molar-refractivity contribution in [3.8, 4) is 17.0 Å². The normalized spacial score (nSPS) is 13.8. The van der Waals surface area contributed by atoms with Crippen LogP contribution in [0.3, 0.4) is 0 Å². The summed E-state index contributed by atoms with van der Waals surface area (Å²) in [6.07, 6.45) is 5.96. The summed E-state index contributed by atoms with van der Waals surface area (Å²) in [4.78, 5) is 5.07. The first-order chi connectivity index (χ1) is 14.5. The molecule has 1 aliphatic carbocycles. The Hall–Kier alpha value is -2.90. The van der Waals surface area contributed by atoms with Gasteiger partial charge in [0.1, 0.15) is 5.75 Å². The maximum Gasteiger partial charge on any atom is 0.492 e. The van der Waals surface area contributed by atoms with Crippen molar-refractivity contribution in [2.24, 2.45) is 0 Å². The maximum atomic E-state index is 9.94. The fourth-order valence-electron chi connectivity index (χ4n) is 4.58. The number of aromatic amines is 1. The molecule has 152 valence electrons. The second-order valence-corrected chi connectivity index (χ2v) is 8.18. The number of H-pyrrole nitrogens is 1. The quantitative estimate of drug-likeness (QED) is 0.457. The van der Waals surface area contributed by atoms with E-state index in [9.17, 15) is 10.0 Å². The van der Waals surface area contributed by atoms with Gasteiger partial charge in [-0.15, -0.1) is 0 Å². The molecule has 4 aromatic rings. The van der Waals surface area contributed by atoms with Gasteiger partial charge in [-0.2, -0.15) is 5.10 Å². The number of aromatic nitrogens is 3. The zero-order valence-electron chi connectivity index (χ0n) is 17.1. The molecule has 0 unspecified atom stereocenters. The molecule has 2 aromatic heterocycles. The number of rotatable bonds is 4. The summed E-state index contributed by atoms with van der Waals surface area (Å²) in [6.45, 7) is 3.87. The van der Waals surface area contributed by atoms with Crippen LogP contribution in [0.25, 0.3) is 33.1 Å². The number of nitrogens with zero attached hydrogens (tertiary/aromatic N) is 2. The van der Waals surface area contributed by atoms with E-state index in [1.807, 2.05) is 44.3 Å². The second-order valence-electron chi connectivity index (χ2n) is 8.18. The highest BCUT2D eigenvalue weighted by molar-refractivity contribution is 6.60. The summed E-state index contributed by atoms with van der Waals surface area (Å²) in [5, 5.41) is 29.4. The van der Waals surface area contributed by atoms with Crippen LogP contribution in [-0.4, -0.2) is 38.5 Å². The Bertz CT molecular complexity index is 1250. The van der Waals surface area contributed by atoms with E-state index in [0.29, 0.717) is 11.2 Å². The lowest BCUT2D eigenvalue weighted by molar-refractivity contribution is 0.244. The van der Waals surface area contributed by atoms with Crippen molar-refractivity contribution in [3.05, 3.63) is 47.7 Å². The highest BCUT2D eigenvalue weighted by Crippen LogP contribution is 2.40. The van der Waals surface area contributed by atoms with Crippen LogP contribution >= 0.6 is 0 Å². The van der Waals surface area contributed by atoms with Crippen molar-refractivity contribution in [1.82, 2.24) is 15.2 Å². The van der Waals surface area contributed by atoms with Crippen LogP contribution < -0.4 is 10.2 Å². The Balaban J connectivity index is 1.84. The van der Waals surface area contributed by atoms with Crippen molar-refractivity contribution in [2.45, 2.75) is 45.6 Å². The Morgan fingerprint density at radius 1 is 1.07 bits per heavy atom. The minimum Gasteiger partial charge on any atom is -0.491 e. The van der Waals surface area contributed by atoms with E-state index in [0.717, 1.165) is 53.4 Å². The molecule has 0 aliphatic heterocycles. The lowest BCUT2D eigenvalue weighted by atomic mass is 9.77. The van der Waals surface area contributed by atoms with E-state index >= 15 is 0 Å². The highest BCUT2D eigenvalue weighted by atomic mass is 16.5. The SMILES string of the molecule is CC(C)Oc1c(B(O)O)cccc1-c1nc2ccc3[nH]ncc3c2c2c1CCCC2. The van der Waals surface area contributed by atoms with Crippen LogP contribution in [0.1, 0.15) is 37.8 Å². The monoisotopic (exact) mass is 401 g/mol. The van der Waals surface area contributed by atoms with Crippen LogP contribution in [0.15, 0.2) is 36.5 Å². The van der Waals surface area contributed by atoms with Gasteiger partial charge in [0.05, 0.1) is 29.0 Å². The molecule has 0 atom stereocenters. The zero-order chi connectivity index (χ0) is 20.8. The summed E-state index contributed by atoms with van der Waals surface area (Å²) in [6, 6.07) is 9.52. The van der Waals surface area contributed by atoms with Crippen molar-refractivity contribution >= 4 is 34.4 Å². The van der Waals surface area contributed by atoms with Gasteiger partial charge in [0.25, 0.3) is 0 Å². The summed E-state index contributed by atoms with van der Waals surface area (Å²) in [5.74, 6) is 0.492. The van der Waals surface area contributed by atoms with Crippen molar-refractivity contribution in [2.75, 3.05) is 0 Å². The minimum atomic E-state index is -1.61. The fraction of sp³-hybridized carbons (Fsp3) is 0.304. The molecule has 0 saturated heterocycles. The first-order valence-corrected chi connectivity index (χ1v) is 10.5. The van der Waals surface area contributed by atoms with Crippen LogP contribution in [-0.2, 0) is 12.8 Å². The van der Waals surface area contributed by atoms with E-state index in [4.69, 9.17) is 9.72 Å². The van der Waals surface area contributed by atoms with E-state index in [2.05, 4.69) is 10.2 Å². The summed E-state index contributed by atoms with van der Waals surface area (Å²) in [5.41, 5.74) is 6.51. The number of fused-ring (bicyclic) bond motifs is 5. The van der Waals surface area contributed by atoms with Crippen molar-refractivity contribution in [1.29, 1.82) is 0 Å². The molecule has 0 bridgehead atoms. The molecule has 2 heterocycles. The zero-order valence-corrected chi connectivity index (χ0v) is 17.1. The van der Waals surface area contributed by atoms with Gasteiger partial charge in [-0.05, 0) is 68.9 Å². The molecule has 2 aromatic carbocycles. The summed E-state index contributed by atoms with van der Waals surface area (Å²) >= 11 is 0. The van der Waals surface area contributed by atoms with E-state index < -0.39 is 7.12 Å². The van der Waals surface area contributed by atoms with Gasteiger partial charge < -0.3 is 14.8 Å². The lowest BCUT2D eigenvalue weighted by Crippen LogP contribution is -2.32. The molecule has 1 aliphatic rings. The average Bonchev–Trinajstić information content (AvgIpc) is 3.21. The van der Waals surface area contributed by atoms with Gasteiger partial charge in [0, 0.05) is 21.8 Å². The smallest absolute Gasteiger partial charge is 0.491 e. The van der Waals surface area contributed by atoms with Crippen LogP contribution in [0.2, 0.25) is 0 Å². The number of para-hydroxylation sites is 1. The van der Waals surface area contributed by atoms with Gasteiger partial charge in [0.15, 0.2) is 0 Å². The van der Waals surface area contributed by atoms with Gasteiger partial charge in [-0.25, -0.2) is 4.98 Å². The van der Waals surface area contributed by atoms with Gasteiger partial charge in [-0.3, -0.25) is 5.10 Å². The van der Waals surface area contributed by atoms with E-state index in [1.54, 1.807) is 6.07 Å². The molecule has 3 N–H and O–H groups in total. The second kappa shape index (κ2) is 7.41. The van der Waals surface area contributed by atoms with Gasteiger partial charge in [0.2, 0.25) is 0 Å². The third kappa shape index (κ3) is 3.05. The first-order valence-electron chi connectivity index (χ1n) is 10.5. The van der Waals surface area contributed by atoms with E-state index in [-0.39, 0.29) is 6.10 Å². The Morgan fingerprint density at radius 2 is 1.87 bits per heavy atom. The molecule has 0 fully saturated rings. The molecule has 30 heavy (non-hydrogen) atoms. The number of hydrogen-bond donors (Lipinski definition) is 3. The number of aryl methyl sites for hydroxylation is 1. The summed E-state index contributed by atoms with van der Waals surface area (Å²) < 4.78 is 6.08. The van der Waals surface area contributed by atoms with Gasteiger partial charge in [-0.1, -0.05) is 12.1 Å². The predicted octanol–water partition coefficient (Wildman–Crippen LogP) is 3.12. The molecule has 7 heteroatoms. The third-order valence-corrected chi connectivity index (χ3v) is 5.82. The highest BCUT2D eigenvalue weighted by Gasteiger charge is 2.26. The third-order valence-electron chi connectivity index (χ3n) is 5.82. The Labute approximate surface area is 175 Å². The van der Waals surface area contributed by atoms with Crippen LogP contribution in [0.4, 0.5) is 0 Å². The Kier molecular flexibility index (Phi) is 4.72. The molecule has 0 saturated carbocycles. The summed E-state index contributed by atoms with van der Waals surface area (Å²) in [7, 11) is -1.61. The molecule has 6 nitrogen and oxygen atoms in total. The molecule has 0 spiro atoms.